The van der Waals surface area contributed by atoms with Gasteiger partial charge in [-0.15, -0.1) is 0 Å². The minimum Gasteiger partial charge on any atom is -0.488 e. The zero-order valence-corrected chi connectivity index (χ0v) is 13.8. The Morgan fingerprint density at radius 2 is 2.00 bits per heavy atom. The summed E-state index contributed by atoms with van der Waals surface area (Å²) < 4.78 is 55.4. The lowest BCUT2D eigenvalue weighted by Crippen LogP contribution is -2.39. The van der Waals surface area contributed by atoms with Crippen LogP contribution in [0.15, 0.2) is 29.3 Å². The molecule has 0 aliphatic carbocycles. The summed E-state index contributed by atoms with van der Waals surface area (Å²) in [6.45, 7) is 4.23. The molecule has 24 heavy (non-hydrogen) atoms. The van der Waals surface area contributed by atoms with Gasteiger partial charge >= 0.3 is 6.18 Å². The molecule has 0 saturated carbocycles. The number of guanidine groups is 1. The molecule has 1 rings (SSSR count). The van der Waals surface area contributed by atoms with Gasteiger partial charge < -0.3 is 15.4 Å². The summed E-state index contributed by atoms with van der Waals surface area (Å²) in [4.78, 5) is 4.23. The van der Waals surface area contributed by atoms with Crippen molar-refractivity contribution < 1.29 is 22.3 Å². The summed E-state index contributed by atoms with van der Waals surface area (Å²) in [5, 5.41) is 5.51. The van der Waals surface area contributed by atoms with E-state index in [-0.39, 0.29) is 19.2 Å². The molecule has 0 amide bonds. The molecule has 1 aromatic rings. The molecule has 0 heterocycles. The smallest absolute Gasteiger partial charge is 0.390 e. The van der Waals surface area contributed by atoms with Crippen LogP contribution in [0.2, 0.25) is 0 Å². The number of nitrogens with one attached hydrogen (secondary N) is 2. The summed E-state index contributed by atoms with van der Waals surface area (Å²) in [5.41, 5.74) is 0. The van der Waals surface area contributed by atoms with Crippen LogP contribution >= 0.6 is 0 Å². The lowest BCUT2D eigenvalue weighted by molar-refractivity contribution is -0.132. The van der Waals surface area contributed by atoms with E-state index in [0.29, 0.717) is 24.7 Å². The summed E-state index contributed by atoms with van der Waals surface area (Å²) in [5.74, 6) is 0.295. The number of nitrogens with zero attached hydrogens (tertiary/aromatic N) is 1. The fourth-order valence-corrected chi connectivity index (χ4v) is 1.84. The second kappa shape index (κ2) is 10.00. The lowest BCUT2D eigenvalue weighted by atomic mass is 10.2. The molecule has 0 bridgehead atoms. The minimum absolute atomic E-state index is 0.244. The highest BCUT2D eigenvalue weighted by atomic mass is 19.4. The van der Waals surface area contributed by atoms with E-state index in [2.05, 4.69) is 15.6 Å². The van der Waals surface area contributed by atoms with Gasteiger partial charge in [-0.3, -0.25) is 0 Å². The van der Waals surface area contributed by atoms with Gasteiger partial charge in [-0.1, -0.05) is 13.0 Å². The quantitative estimate of drug-likeness (QED) is 0.429. The molecule has 0 spiro atoms. The third-order valence-electron chi connectivity index (χ3n) is 3.05. The number of hydrogen-bond acceptors (Lipinski definition) is 2. The Bertz CT molecular complexity index is 520. The van der Waals surface area contributed by atoms with Crippen molar-refractivity contribution in [3.05, 3.63) is 30.1 Å². The Hall–Kier alpha value is -1.99. The zero-order chi connectivity index (χ0) is 18.0. The Morgan fingerprint density at radius 1 is 1.25 bits per heavy atom. The molecule has 1 atom stereocenters. The van der Waals surface area contributed by atoms with Gasteiger partial charge in [0.15, 0.2) is 5.96 Å². The molecule has 1 aromatic carbocycles. The van der Waals surface area contributed by atoms with Gasteiger partial charge in [-0.2, -0.15) is 13.2 Å². The minimum atomic E-state index is -4.21. The highest BCUT2D eigenvalue weighted by molar-refractivity contribution is 5.79. The van der Waals surface area contributed by atoms with Crippen LogP contribution in [0.1, 0.15) is 26.7 Å². The Kier molecular flexibility index (Phi) is 8.35. The molecule has 8 heteroatoms. The number of benzene rings is 1. The highest BCUT2D eigenvalue weighted by Gasteiger charge is 2.26. The molecular formula is C16H23F4N3O. The van der Waals surface area contributed by atoms with Crippen LogP contribution in [0, 0.1) is 5.82 Å². The Labute approximate surface area is 139 Å². The van der Waals surface area contributed by atoms with Crippen LogP contribution < -0.4 is 15.4 Å². The van der Waals surface area contributed by atoms with Gasteiger partial charge in [0.25, 0.3) is 0 Å². The van der Waals surface area contributed by atoms with Crippen LogP contribution in [0.5, 0.6) is 5.75 Å². The standard InChI is InChI=1S/C16H23F4N3O/c1-3-13(24-14-7-5-6-12(17)10-14)11-23-15(21-4-2)22-9-8-16(18,19)20/h5-7,10,13H,3-4,8-9,11H2,1-2H3,(H2,21,22,23). The zero-order valence-electron chi connectivity index (χ0n) is 13.8. The van der Waals surface area contributed by atoms with Gasteiger partial charge in [0, 0.05) is 19.2 Å². The van der Waals surface area contributed by atoms with Crippen LogP contribution in [0.25, 0.3) is 0 Å². The van der Waals surface area contributed by atoms with Crippen molar-refractivity contribution in [2.45, 2.75) is 39.0 Å². The van der Waals surface area contributed by atoms with Gasteiger partial charge in [0.1, 0.15) is 17.7 Å². The fourth-order valence-electron chi connectivity index (χ4n) is 1.84. The van der Waals surface area contributed by atoms with Gasteiger partial charge in [0.05, 0.1) is 13.0 Å². The van der Waals surface area contributed by atoms with Crippen LogP contribution in [-0.2, 0) is 0 Å². The molecule has 0 aliphatic rings. The molecule has 0 saturated heterocycles. The number of hydrogen-bond donors (Lipinski definition) is 2. The van der Waals surface area contributed by atoms with Gasteiger partial charge in [-0.05, 0) is 25.5 Å². The predicted octanol–water partition coefficient (Wildman–Crippen LogP) is 3.49. The largest absolute Gasteiger partial charge is 0.488 e. The maximum Gasteiger partial charge on any atom is 0.390 e. The van der Waals surface area contributed by atoms with Crippen molar-refractivity contribution >= 4 is 5.96 Å². The first-order chi connectivity index (χ1) is 11.3. The Morgan fingerprint density at radius 3 is 2.58 bits per heavy atom. The van der Waals surface area contributed by atoms with Crippen LogP contribution in [-0.4, -0.2) is 37.9 Å². The van der Waals surface area contributed by atoms with E-state index in [4.69, 9.17) is 4.74 Å². The van der Waals surface area contributed by atoms with Crippen LogP contribution in [0.4, 0.5) is 17.6 Å². The number of alkyl halides is 3. The van der Waals surface area contributed by atoms with Gasteiger partial charge in [-0.25, -0.2) is 9.38 Å². The van der Waals surface area contributed by atoms with Crippen molar-refractivity contribution in [2.24, 2.45) is 4.99 Å². The average molecular weight is 349 g/mol. The summed E-state index contributed by atoms with van der Waals surface area (Å²) in [6.07, 6.45) is -4.82. The number of halogens is 4. The first kappa shape index (κ1) is 20.1. The second-order valence-corrected chi connectivity index (χ2v) is 5.12. The van der Waals surface area contributed by atoms with E-state index in [1.54, 1.807) is 12.1 Å². The molecule has 4 nitrogen and oxygen atoms in total. The van der Waals surface area contributed by atoms with E-state index in [0.717, 1.165) is 0 Å². The molecule has 0 radical (unpaired) electrons. The third kappa shape index (κ3) is 8.59. The lowest BCUT2D eigenvalue weighted by Gasteiger charge is -2.17. The molecule has 0 aliphatic heterocycles. The van der Waals surface area contributed by atoms with Crippen molar-refractivity contribution in [1.29, 1.82) is 0 Å². The SMILES string of the molecule is CCNC(=NCC(CC)Oc1cccc(F)c1)NCCC(F)(F)F. The first-order valence-electron chi connectivity index (χ1n) is 7.85. The molecule has 0 fully saturated rings. The molecule has 136 valence electrons. The molecule has 1 unspecified atom stereocenters. The highest BCUT2D eigenvalue weighted by Crippen LogP contribution is 2.18. The Balaban J connectivity index is 2.57. The topological polar surface area (TPSA) is 45.7 Å². The summed E-state index contributed by atoms with van der Waals surface area (Å²) in [7, 11) is 0. The first-order valence-corrected chi connectivity index (χ1v) is 7.85. The van der Waals surface area contributed by atoms with E-state index >= 15 is 0 Å². The van der Waals surface area contributed by atoms with Crippen molar-refractivity contribution in [1.82, 2.24) is 10.6 Å². The summed E-state index contributed by atoms with van der Waals surface area (Å²) in [6, 6.07) is 5.78. The van der Waals surface area contributed by atoms with Crippen molar-refractivity contribution in [3.8, 4) is 5.75 Å². The van der Waals surface area contributed by atoms with E-state index in [9.17, 15) is 17.6 Å². The molecular weight excluding hydrogens is 326 g/mol. The van der Waals surface area contributed by atoms with E-state index in [1.165, 1.54) is 12.1 Å². The van der Waals surface area contributed by atoms with E-state index < -0.39 is 18.4 Å². The molecule has 2 N–H and O–H groups in total. The second-order valence-electron chi connectivity index (χ2n) is 5.12. The van der Waals surface area contributed by atoms with Crippen molar-refractivity contribution in [3.63, 3.8) is 0 Å². The fraction of sp³-hybridized carbons (Fsp3) is 0.562. The van der Waals surface area contributed by atoms with Gasteiger partial charge in [0.2, 0.25) is 0 Å². The normalized spacial score (nSPS) is 13.5. The maximum atomic E-state index is 13.2. The maximum absolute atomic E-state index is 13.2. The third-order valence-corrected chi connectivity index (χ3v) is 3.05. The monoisotopic (exact) mass is 349 g/mol. The van der Waals surface area contributed by atoms with Crippen LogP contribution in [0.3, 0.4) is 0 Å². The molecule has 0 aromatic heterocycles. The number of rotatable bonds is 8. The average Bonchev–Trinajstić information content (AvgIpc) is 2.50. The van der Waals surface area contributed by atoms with E-state index in [1.807, 2.05) is 13.8 Å². The summed E-state index contributed by atoms with van der Waals surface area (Å²) >= 11 is 0. The predicted molar refractivity (Wildman–Crippen MR) is 85.8 cm³/mol. The number of ether oxygens (including phenoxy) is 1. The van der Waals surface area contributed by atoms with Crippen molar-refractivity contribution in [2.75, 3.05) is 19.6 Å². The number of aliphatic imine (C=N–C) groups is 1.